The first-order valence-corrected chi connectivity index (χ1v) is 8.84. The summed E-state index contributed by atoms with van der Waals surface area (Å²) in [6.07, 6.45) is 1.95. The van der Waals surface area contributed by atoms with Crippen LogP contribution in [0.15, 0.2) is 85.1 Å². The zero-order valence-electron chi connectivity index (χ0n) is 14.4. The second kappa shape index (κ2) is 5.95. The number of fused-ring (bicyclic) bond motifs is 1. The van der Waals surface area contributed by atoms with Gasteiger partial charge in [-0.15, -0.1) is 0 Å². The maximum absolute atomic E-state index is 12.0. The number of aromatic nitrogens is 1. The van der Waals surface area contributed by atoms with Gasteiger partial charge in [0.25, 0.3) is 0 Å². The number of ketones is 2. The number of Topliss-reactive ketones (excluding diaryl/α,β-unsaturated/α-hetero) is 2. The van der Waals surface area contributed by atoms with Gasteiger partial charge < -0.3 is 9.72 Å². The van der Waals surface area contributed by atoms with Crippen molar-refractivity contribution in [2.45, 2.75) is 5.92 Å². The van der Waals surface area contributed by atoms with Gasteiger partial charge in [0.15, 0.2) is 0 Å². The lowest BCUT2D eigenvalue weighted by atomic mass is 9.99. The Morgan fingerprint density at radius 2 is 1.37 bits per heavy atom. The number of carbonyl (C=O) groups excluding carboxylic acids is 2. The van der Waals surface area contributed by atoms with E-state index in [-0.39, 0.29) is 11.6 Å². The van der Waals surface area contributed by atoms with E-state index in [1.807, 2.05) is 89.5 Å². The minimum Gasteiger partial charge on any atom is -0.341 e. The SMILES string of the molecule is O=C1C(=O)C1c1c(-c2ccccc2)c(Nc2ccccc2)n2ccccc12. The van der Waals surface area contributed by atoms with E-state index >= 15 is 0 Å². The molecule has 1 aliphatic rings. The predicted octanol–water partition coefficient (Wildman–Crippen LogP) is 4.59. The van der Waals surface area contributed by atoms with Crippen LogP contribution in [-0.4, -0.2) is 16.0 Å². The van der Waals surface area contributed by atoms with Crippen molar-refractivity contribution in [1.82, 2.24) is 4.40 Å². The molecule has 1 aliphatic carbocycles. The van der Waals surface area contributed by atoms with Crippen molar-refractivity contribution >= 4 is 28.6 Å². The van der Waals surface area contributed by atoms with Crippen LogP contribution in [0.4, 0.5) is 11.5 Å². The summed E-state index contributed by atoms with van der Waals surface area (Å²) in [4.78, 5) is 24.1. The average molecular weight is 352 g/mol. The summed E-state index contributed by atoms with van der Waals surface area (Å²) in [6, 6.07) is 25.6. The molecule has 2 aromatic heterocycles. The fourth-order valence-corrected chi connectivity index (χ4v) is 3.65. The summed E-state index contributed by atoms with van der Waals surface area (Å²) in [5.41, 5.74) is 4.48. The summed E-state index contributed by atoms with van der Waals surface area (Å²) in [6.45, 7) is 0. The van der Waals surface area contributed by atoms with Gasteiger partial charge in [0.05, 0.1) is 5.52 Å². The lowest BCUT2D eigenvalue weighted by Crippen LogP contribution is -1.96. The van der Waals surface area contributed by atoms with Gasteiger partial charge in [-0.3, -0.25) is 9.59 Å². The van der Waals surface area contributed by atoms with Crippen LogP contribution in [0.2, 0.25) is 0 Å². The molecule has 27 heavy (non-hydrogen) atoms. The molecule has 0 bridgehead atoms. The zero-order chi connectivity index (χ0) is 18.4. The molecule has 0 spiro atoms. The van der Waals surface area contributed by atoms with Gasteiger partial charge in [-0.1, -0.05) is 54.6 Å². The summed E-state index contributed by atoms with van der Waals surface area (Å²) in [5.74, 6) is -0.431. The number of nitrogens with zero attached hydrogens (tertiary/aromatic N) is 1. The maximum Gasteiger partial charge on any atom is 0.214 e. The third-order valence-electron chi connectivity index (χ3n) is 4.95. The highest BCUT2D eigenvalue weighted by Crippen LogP contribution is 2.46. The molecule has 4 heteroatoms. The van der Waals surface area contributed by atoms with Crippen LogP contribution in [0.1, 0.15) is 11.5 Å². The fraction of sp³-hybridized carbons (Fsp3) is 0.0435. The van der Waals surface area contributed by atoms with Crippen molar-refractivity contribution in [1.29, 1.82) is 0 Å². The van der Waals surface area contributed by atoms with E-state index in [0.29, 0.717) is 0 Å². The van der Waals surface area contributed by atoms with Crippen molar-refractivity contribution < 1.29 is 9.59 Å². The van der Waals surface area contributed by atoms with Crippen molar-refractivity contribution in [3.63, 3.8) is 0 Å². The molecule has 1 N–H and O–H groups in total. The van der Waals surface area contributed by atoms with Gasteiger partial charge in [0.2, 0.25) is 11.6 Å². The Hall–Kier alpha value is -3.66. The van der Waals surface area contributed by atoms with E-state index in [9.17, 15) is 9.59 Å². The molecular weight excluding hydrogens is 336 g/mol. The molecule has 0 radical (unpaired) electrons. The third-order valence-corrected chi connectivity index (χ3v) is 4.95. The lowest BCUT2D eigenvalue weighted by Gasteiger charge is -2.11. The molecule has 0 aliphatic heterocycles. The number of hydrogen-bond acceptors (Lipinski definition) is 3. The number of anilines is 2. The van der Waals surface area contributed by atoms with Crippen LogP contribution in [0.3, 0.4) is 0 Å². The molecule has 4 aromatic rings. The molecular formula is C23H16N2O2. The zero-order valence-corrected chi connectivity index (χ0v) is 14.4. The van der Waals surface area contributed by atoms with Crippen molar-refractivity contribution in [2.75, 3.05) is 5.32 Å². The Labute approximate surface area is 156 Å². The Morgan fingerprint density at radius 1 is 0.741 bits per heavy atom. The minimum atomic E-state index is -0.663. The average Bonchev–Trinajstić information content (AvgIpc) is 3.18. The van der Waals surface area contributed by atoms with Crippen LogP contribution >= 0.6 is 0 Å². The maximum atomic E-state index is 12.0. The molecule has 0 atom stereocenters. The summed E-state index contributed by atoms with van der Waals surface area (Å²) in [7, 11) is 0. The van der Waals surface area contributed by atoms with E-state index in [0.717, 1.165) is 33.7 Å². The number of pyridine rings is 1. The molecule has 4 nitrogen and oxygen atoms in total. The van der Waals surface area contributed by atoms with Crippen LogP contribution < -0.4 is 5.32 Å². The monoisotopic (exact) mass is 352 g/mol. The van der Waals surface area contributed by atoms with E-state index in [4.69, 9.17) is 0 Å². The summed E-state index contributed by atoms with van der Waals surface area (Å²) in [5, 5.41) is 3.49. The number of nitrogens with one attached hydrogen (secondary N) is 1. The highest BCUT2D eigenvalue weighted by atomic mass is 16.2. The first-order valence-electron chi connectivity index (χ1n) is 8.84. The Bertz CT molecular complexity index is 1160. The van der Waals surface area contributed by atoms with Crippen LogP contribution in [0, 0.1) is 0 Å². The van der Waals surface area contributed by atoms with E-state index in [2.05, 4.69) is 5.32 Å². The number of rotatable bonds is 4. The number of para-hydroxylation sites is 1. The molecule has 0 unspecified atom stereocenters. The molecule has 1 saturated carbocycles. The van der Waals surface area contributed by atoms with Crippen molar-refractivity contribution in [3.8, 4) is 11.1 Å². The normalized spacial score (nSPS) is 13.9. The van der Waals surface area contributed by atoms with Gasteiger partial charge in [-0.2, -0.15) is 0 Å². The molecule has 0 saturated heterocycles. The van der Waals surface area contributed by atoms with E-state index < -0.39 is 5.92 Å². The quantitative estimate of drug-likeness (QED) is 0.432. The molecule has 2 aromatic carbocycles. The van der Waals surface area contributed by atoms with Gasteiger partial charge in [-0.05, 0) is 29.8 Å². The molecule has 130 valence electrons. The second-order valence-electron chi connectivity index (χ2n) is 6.61. The predicted molar refractivity (Wildman–Crippen MR) is 105 cm³/mol. The van der Waals surface area contributed by atoms with Crippen molar-refractivity contribution in [2.24, 2.45) is 0 Å². The van der Waals surface area contributed by atoms with Gasteiger partial charge in [0, 0.05) is 23.0 Å². The van der Waals surface area contributed by atoms with Gasteiger partial charge >= 0.3 is 0 Å². The smallest absolute Gasteiger partial charge is 0.214 e. The largest absolute Gasteiger partial charge is 0.341 e. The van der Waals surface area contributed by atoms with E-state index in [1.165, 1.54) is 0 Å². The number of carbonyl (C=O) groups is 2. The fourth-order valence-electron chi connectivity index (χ4n) is 3.65. The Balaban J connectivity index is 1.82. The standard InChI is InChI=1S/C23H16N2O2/c26-21-20(22(21)27)19-17-13-7-8-14-25(17)23(24-16-11-5-2-6-12-16)18(19)15-9-3-1-4-10-15/h1-14,20,24H. The van der Waals surface area contributed by atoms with Gasteiger partial charge in [-0.25, -0.2) is 0 Å². The Morgan fingerprint density at radius 3 is 2.04 bits per heavy atom. The van der Waals surface area contributed by atoms with Crippen LogP contribution in [0.25, 0.3) is 16.6 Å². The van der Waals surface area contributed by atoms with E-state index in [1.54, 1.807) is 0 Å². The highest BCUT2D eigenvalue weighted by molar-refractivity contribution is 6.63. The first-order chi connectivity index (χ1) is 13.3. The van der Waals surface area contributed by atoms with Crippen molar-refractivity contribution in [3.05, 3.63) is 90.6 Å². The van der Waals surface area contributed by atoms with Crippen LogP contribution in [0.5, 0.6) is 0 Å². The van der Waals surface area contributed by atoms with Gasteiger partial charge in [0.1, 0.15) is 11.7 Å². The molecule has 1 fully saturated rings. The first kappa shape index (κ1) is 15.6. The highest BCUT2D eigenvalue weighted by Gasteiger charge is 2.52. The summed E-state index contributed by atoms with van der Waals surface area (Å²) >= 11 is 0. The lowest BCUT2D eigenvalue weighted by molar-refractivity contribution is -0.122. The summed E-state index contributed by atoms with van der Waals surface area (Å²) < 4.78 is 2.02. The minimum absolute atomic E-state index is 0.310. The third kappa shape index (κ3) is 2.46. The van der Waals surface area contributed by atoms with Crippen LogP contribution in [-0.2, 0) is 9.59 Å². The number of hydrogen-bond donors (Lipinski definition) is 1. The molecule has 2 heterocycles. The Kier molecular flexibility index (Phi) is 3.44. The topological polar surface area (TPSA) is 50.6 Å². The number of benzene rings is 2. The molecule has 0 amide bonds. The second-order valence-corrected chi connectivity index (χ2v) is 6.61. The molecule has 5 rings (SSSR count).